The minimum atomic E-state index is -3.64. The van der Waals surface area contributed by atoms with Gasteiger partial charge in [0, 0.05) is 0 Å². The summed E-state index contributed by atoms with van der Waals surface area (Å²) >= 11 is 0. The number of rotatable bonds is 4. The van der Waals surface area contributed by atoms with E-state index < -0.39 is 22.2 Å². The summed E-state index contributed by atoms with van der Waals surface area (Å²) in [5.41, 5.74) is 2.17. The topological polar surface area (TPSA) is 84.5 Å². The molecule has 8 heteroatoms. The summed E-state index contributed by atoms with van der Waals surface area (Å²) < 4.78 is 45.6. The largest absolute Gasteiger partial charge is 0.457 e. The van der Waals surface area contributed by atoms with Gasteiger partial charge in [0.15, 0.2) is 0 Å². The van der Waals surface area contributed by atoms with Gasteiger partial charge in [-0.05, 0) is 47.5 Å². The van der Waals surface area contributed by atoms with Crippen molar-refractivity contribution in [1.29, 1.82) is 0 Å². The molecule has 29 heavy (non-hydrogen) atoms. The van der Waals surface area contributed by atoms with Gasteiger partial charge in [0.1, 0.15) is 23.5 Å². The quantitative estimate of drug-likeness (QED) is 0.640. The van der Waals surface area contributed by atoms with Gasteiger partial charge in [-0.25, -0.2) is 17.6 Å². The Bertz CT molecular complexity index is 1150. The zero-order valence-corrected chi connectivity index (χ0v) is 15.9. The van der Waals surface area contributed by atoms with Gasteiger partial charge in [-0.15, -0.1) is 0 Å². The molecule has 0 amide bonds. The molecule has 1 heterocycles. The summed E-state index contributed by atoms with van der Waals surface area (Å²) in [5, 5.41) is 3.13. The van der Waals surface area contributed by atoms with Gasteiger partial charge in [0.25, 0.3) is 0 Å². The number of ether oxygens (including phenoxy) is 1. The van der Waals surface area contributed by atoms with Crippen LogP contribution in [0.2, 0.25) is 0 Å². The summed E-state index contributed by atoms with van der Waals surface area (Å²) in [7, 11) is -3.64. The molecule has 0 saturated heterocycles. The lowest BCUT2D eigenvalue weighted by Gasteiger charge is -2.28. The highest BCUT2D eigenvalue weighted by molar-refractivity contribution is 7.89. The Morgan fingerprint density at radius 3 is 2.38 bits per heavy atom. The molecule has 0 radical (unpaired) electrons. The number of hydrogen-bond donors (Lipinski definition) is 2. The van der Waals surface area contributed by atoms with E-state index in [1.165, 1.54) is 18.2 Å². The highest BCUT2D eigenvalue weighted by Crippen LogP contribution is 2.30. The molecule has 6 nitrogen and oxygen atoms in total. The molecule has 0 spiro atoms. The number of sulfonamides is 1. The highest BCUT2D eigenvalue weighted by atomic mass is 32.2. The van der Waals surface area contributed by atoms with Crippen LogP contribution in [0, 0.1) is 5.82 Å². The van der Waals surface area contributed by atoms with Crippen LogP contribution in [0.1, 0.15) is 27.7 Å². The van der Waals surface area contributed by atoms with Gasteiger partial charge in [0.2, 0.25) is 10.0 Å². The number of carbonyl (C=O) groups excluding carboxylic acids is 1. The summed E-state index contributed by atoms with van der Waals surface area (Å²) in [5.74, 6) is -0.881. The van der Waals surface area contributed by atoms with E-state index in [0.29, 0.717) is 22.4 Å². The average molecular weight is 412 g/mol. The molecule has 1 aliphatic heterocycles. The zero-order valence-electron chi connectivity index (χ0n) is 15.1. The van der Waals surface area contributed by atoms with Crippen molar-refractivity contribution in [3.63, 3.8) is 0 Å². The third-order valence-corrected chi connectivity index (χ3v) is 5.99. The van der Waals surface area contributed by atoms with E-state index >= 15 is 0 Å². The maximum absolute atomic E-state index is 12.9. The molecule has 0 aliphatic carbocycles. The normalized spacial score (nSPS) is 17.1. The van der Waals surface area contributed by atoms with Crippen LogP contribution in [-0.2, 0) is 21.4 Å². The fourth-order valence-electron chi connectivity index (χ4n) is 3.00. The second kappa shape index (κ2) is 7.65. The van der Waals surface area contributed by atoms with Crippen LogP contribution in [0.5, 0.6) is 0 Å². The second-order valence-electron chi connectivity index (χ2n) is 6.52. The summed E-state index contributed by atoms with van der Waals surface area (Å²) in [6.07, 6.45) is -0.654. The highest BCUT2D eigenvalue weighted by Gasteiger charge is 2.29. The summed E-state index contributed by atoms with van der Waals surface area (Å²) in [6, 6.07) is 18.8. The molecule has 0 bridgehead atoms. The Kier molecular flexibility index (Phi) is 5.04. The predicted molar refractivity (Wildman–Crippen MR) is 105 cm³/mol. The van der Waals surface area contributed by atoms with Crippen LogP contribution in [0.4, 0.5) is 10.1 Å². The van der Waals surface area contributed by atoms with Crippen molar-refractivity contribution in [1.82, 2.24) is 4.72 Å². The van der Waals surface area contributed by atoms with Crippen molar-refractivity contribution < 1.29 is 22.3 Å². The first-order chi connectivity index (χ1) is 13.9. The molecule has 1 atom stereocenters. The molecule has 0 aromatic heterocycles. The molecule has 148 valence electrons. The number of carbonyl (C=O) groups is 1. The van der Waals surface area contributed by atoms with Gasteiger partial charge >= 0.3 is 5.97 Å². The SMILES string of the molecule is O=C(OCc1ccc(F)cc1)c1ccc(C2Nc3ccccc3S(=O)(=O)N2)cc1. The Hall–Kier alpha value is -3.23. The fraction of sp³-hybridized carbons (Fsp3) is 0.0952. The van der Waals surface area contributed by atoms with E-state index in [-0.39, 0.29) is 17.3 Å². The van der Waals surface area contributed by atoms with Crippen molar-refractivity contribution in [3.8, 4) is 0 Å². The van der Waals surface area contributed by atoms with Gasteiger partial charge < -0.3 is 10.1 Å². The molecule has 2 N–H and O–H groups in total. The zero-order chi connectivity index (χ0) is 20.4. The van der Waals surface area contributed by atoms with Crippen molar-refractivity contribution >= 4 is 21.7 Å². The molecule has 3 aromatic carbocycles. The van der Waals surface area contributed by atoms with E-state index in [1.54, 1.807) is 54.6 Å². The van der Waals surface area contributed by atoms with Gasteiger partial charge in [-0.3, -0.25) is 0 Å². The fourth-order valence-corrected chi connectivity index (χ4v) is 4.31. The van der Waals surface area contributed by atoms with Crippen molar-refractivity contribution in [2.24, 2.45) is 0 Å². The minimum absolute atomic E-state index is 0.0294. The van der Waals surface area contributed by atoms with Crippen LogP contribution < -0.4 is 10.0 Å². The van der Waals surface area contributed by atoms with Gasteiger partial charge in [0.05, 0.1) is 11.3 Å². The summed E-state index contributed by atoms with van der Waals surface area (Å²) in [4.78, 5) is 12.4. The molecule has 3 aromatic rings. The lowest BCUT2D eigenvalue weighted by atomic mass is 10.1. The molecule has 1 aliphatic rings. The van der Waals surface area contributed by atoms with E-state index in [2.05, 4.69) is 10.0 Å². The Morgan fingerprint density at radius 1 is 0.966 bits per heavy atom. The third-order valence-electron chi connectivity index (χ3n) is 4.51. The predicted octanol–water partition coefficient (Wildman–Crippen LogP) is 3.59. The monoisotopic (exact) mass is 412 g/mol. The van der Waals surface area contributed by atoms with Crippen molar-refractivity contribution in [2.75, 3.05) is 5.32 Å². The maximum Gasteiger partial charge on any atom is 0.338 e. The van der Waals surface area contributed by atoms with Crippen molar-refractivity contribution in [2.45, 2.75) is 17.7 Å². The number of anilines is 1. The van der Waals surface area contributed by atoms with Crippen molar-refractivity contribution in [3.05, 3.63) is 95.3 Å². The van der Waals surface area contributed by atoms with E-state index in [0.717, 1.165) is 0 Å². The number of hydrogen-bond acceptors (Lipinski definition) is 5. The minimum Gasteiger partial charge on any atom is -0.457 e. The molecular formula is C21H17FN2O4S. The number of nitrogens with one attached hydrogen (secondary N) is 2. The molecule has 4 rings (SSSR count). The maximum atomic E-state index is 12.9. The van der Waals surface area contributed by atoms with Crippen LogP contribution in [0.25, 0.3) is 0 Å². The number of halogens is 1. The number of benzene rings is 3. The lowest BCUT2D eigenvalue weighted by Crippen LogP contribution is -2.38. The molecule has 1 unspecified atom stereocenters. The van der Waals surface area contributed by atoms with Crippen LogP contribution in [0.15, 0.2) is 77.7 Å². The third kappa shape index (κ3) is 4.13. The first-order valence-corrected chi connectivity index (χ1v) is 10.3. The molecule has 0 saturated carbocycles. The summed E-state index contributed by atoms with van der Waals surface area (Å²) in [6.45, 7) is 0.0294. The Labute approximate surface area is 167 Å². The van der Waals surface area contributed by atoms with Gasteiger partial charge in [-0.2, -0.15) is 4.72 Å². The number of esters is 1. The lowest BCUT2D eigenvalue weighted by molar-refractivity contribution is 0.0472. The first kappa shape index (κ1) is 19.1. The first-order valence-electron chi connectivity index (χ1n) is 8.82. The molecular weight excluding hydrogens is 395 g/mol. The van der Waals surface area contributed by atoms with E-state index in [9.17, 15) is 17.6 Å². The van der Waals surface area contributed by atoms with E-state index in [1.807, 2.05) is 0 Å². The second-order valence-corrected chi connectivity index (χ2v) is 8.20. The average Bonchev–Trinajstić information content (AvgIpc) is 2.73. The Balaban J connectivity index is 1.45. The van der Waals surface area contributed by atoms with Crippen LogP contribution in [-0.4, -0.2) is 14.4 Å². The molecule has 0 fully saturated rings. The standard InChI is InChI=1S/C21H17FN2O4S/c22-17-11-5-14(6-12-17)13-28-21(25)16-9-7-15(8-10-16)20-23-18-3-1-2-4-19(18)29(26,27)24-20/h1-12,20,23-24H,13H2. The van der Waals surface area contributed by atoms with Crippen LogP contribution >= 0.6 is 0 Å². The number of para-hydroxylation sites is 1. The van der Waals surface area contributed by atoms with Gasteiger partial charge in [-0.1, -0.05) is 36.4 Å². The van der Waals surface area contributed by atoms with Crippen LogP contribution in [0.3, 0.4) is 0 Å². The number of fused-ring (bicyclic) bond motifs is 1. The van der Waals surface area contributed by atoms with E-state index in [4.69, 9.17) is 4.74 Å². The Morgan fingerprint density at radius 2 is 1.66 bits per heavy atom. The smallest absolute Gasteiger partial charge is 0.338 e.